The minimum atomic E-state index is 0. The first-order chi connectivity index (χ1) is 13.7. The van der Waals surface area contributed by atoms with Crippen LogP contribution in [0, 0.1) is 0 Å². The Morgan fingerprint density at radius 1 is 1.24 bits per heavy atom. The molecule has 1 aliphatic heterocycles. The van der Waals surface area contributed by atoms with E-state index in [1.807, 2.05) is 4.90 Å². The molecule has 3 rings (SSSR count). The number of halogens is 1. The van der Waals surface area contributed by atoms with Crippen LogP contribution in [0.5, 0.6) is 0 Å². The van der Waals surface area contributed by atoms with Crippen molar-refractivity contribution in [1.29, 1.82) is 0 Å². The van der Waals surface area contributed by atoms with E-state index in [9.17, 15) is 4.79 Å². The number of aromatic nitrogens is 1. The van der Waals surface area contributed by atoms with Crippen molar-refractivity contribution in [2.45, 2.75) is 46.0 Å². The van der Waals surface area contributed by atoms with Gasteiger partial charge >= 0.3 is 0 Å². The first kappa shape index (κ1) is 23.5. The number of likely N-dealkylation sites (tertiary alicyclic amines) is 1. The van der Waals surface area contributed by atoms with Crippen molar-refractivity contribution >= 4 is 46.7 Å². The molecule has 0 spiro atoms. The average Bonchev–Trinajstić information content (AvgIpc) is 3.31. The Labute approximate surface area is 190 Å². The molecule has 0 aliphatic carbocycles. The van der Waals surface area contributed by atoms with Crippen LogP contribution in [-0.4, -0.2) is 54.5 Å². The number of carbonyl (C=O) groups is 1. The van der Waals surface area contributed by atoms with Crippen LogP contribution >= 0.6 is 24.0 Å². The van der Waals surface area contributed by atoms with Gasteiger partial charge in [0.2, 0.25) is 5.91 Å². The quantitative estimate of drug-likeness (QED) is 0.209. The summed E-state index contributed by atoms with van der Waals surface area (Å²) in [7, 11) is 0. The van der Waals surface area contributed by atoms with Crippen molar-refractivity contribution < 1.29 is 4.79 Å². The van der Waals surface area contributed by atoms with E-state index in [1.165, 1.54) is 22.0 Å². The van der Waals surface area contributed by atoms with Crippen LogP contribution in [0.1, 0.15) is 44.2 Å². The van der Waals surface area contributed by atoms with E-state index in [4.69, 9.17) is 0 Å². The van der Waals surface area contributed by atoms with E-state index in [0.29, 0.717) is 12.3 Å². The zero-order chi connectivity index (χ0) is 19.8. The van der Waals surface area contributed by atoms with Gasteiger partial charge in [0.25, 0.3) is 0 Å². The minimum absolute atomic E-state index is 0. The standard InChI is InChI=1S/C22H33N5O.HI/c1-3-17-8-5-9-19-18(16-26-21(17)19)11-13-25-22(23-4-2)24-12-7-15-27-14-6-10-20(27)28;/h5,8-9,16,26H,3-4,6-7,10-15H2,1-2H3,(H2,23,24,25);1H. The first-order valence-electron chi connectivity index (χ1n) is 10.6. The number of H-pyrrole nitrogens is 1. The van der Waals surface area contributed by atoms with Gasteiger partial charge in [-0.3, -0.25) is 9.79 Å². The molecule has 3 N–H and O–H groups in total. The molecule has 2 aromatic rings. The number of hydrogen-bond donors (Lipinski definition) is 3. The van der Waals surface area contributed by atoms with Gasteiger partial charge in [0, 0.05) is 56.2 Å². The maximum Gasteiger partial charge on any atom is 0.222 e. The van der Waals surface area contributed by atoms with Crippen LogP contribution in [0.4, 0.5) is 0 Å². The molecule has 1 fully saturated rings. The number of nitrogens with zero attached hydrogens (tertiary/aromatic N) is 2. The van der Waals surface area contributed by atoms with Crippen molar-refractivity contribution in [2.24, 2.45) is 4.99 Å². The molecule has 1 aromatic carbocycles. The number of benzene rings is 1. The van der Waals surface area contributed by atoms with Crippen LogP contribution in [-0.2, 0) is 17.6 Å². The average molecular weight is 511 g/mol. The van der Waals surface area contributed by atoms with E-state index in [-0.39, 0.29) is 24.0 Å². The van der Waals surface area contributed by atoms with Crippen LogP contribution in [0.3, 0.4) is 0 Å². The number of aryl methyl sites for hydroxylation is 1. The van der Waals surface area contributed by atoms with Crippen LogP contribution in [0.2, 0.25) is 0 Å². The molecular formula is C22H34IN5O. The summed E-state index contributed by atoms with van der Waals surface area (Å²) in [6.45, 7) is 8.39. The first-order valence-corrected chi connectivity index (χ1v) is 10.6. The molecule has 0 unspecified atom stereocenters. The number of aliphatic imine (C=N–C) groups is 1. The number of guanidine groups is 1. The summed E-state index contributed by atoms with van der Waals surface area (Å²) >= 11 is 0. The molecule has 160 valence electrons. The number of nitrogens with one attached hydrogen (secondary N) is 3. The van der Waals surface area contributed by atoms with Gasteiger partial charge in [-0.1, -0.05) is 25.1 Å². The molecule has 6 nitrogen and oxygen atoms in total. The predicted molar refractivity (Wildman–Crippen MR) is 131 cm³/mol. The predicted octanol–water partition coefficient (Wildman–Crippen LogP) is 3.46. The molecule has 0 bridgehead atoms. The van der Waals surface area contributed by atoms with E-state index < -0.39 is 0 Å². The maximum atomic E-state index is 11.7. The summed E-state index contributed by atoms with van der Waals surface area (Å²) in [6, 6.07) is 6.52. The number of rotatable bonds is 9. The van der Waals surface area contributed by atoms with Gasteiger partial charge in [-0.25, -0.2) is 0 Å². The molecule has 0 saturated carbocycles. The van der Waals surface area contributed by atoms with Gasteiger partial charge in [0.15, 0.2) is 5.96 Å². The topological polar surface area (TPSA) is 72.5 Å². The number of carbonyl (C=O) groups excluding carboxylic acids is 1. The Bertz CT molecular complexity index is 817. The van der Waals surface area contributed by atoms with Gasteiger partial charge in [0.1, 0.15) is 0 Å². The number of para-hydroxylation sites is 1. The number of aromatic amines is 1. The summed E-state index contributed by atoms with van der Waals surface area (Å²) in [5.41, 5.74) is 3.96. The Hall–Kier alpha value is -1.77. The van der Waals surface area contributed by atoms with Gasteiger partial charge in [-0.15, -0.1) is 24.0 Å². The van der Waals surface area contributed by atoms with E-state index >= 15 is 0 Å². The van der Waals surface area contributed by atoms with Crippen molar-refractivity contribution in [1.82, 2.24) is 20.5 Å². The monoisotopic (exact) mass is 511 g/mol. The smallest absolute Gasteiger partial charge is 0.222 e. The summed E-state index contributed by atoms with van der Waals surface area (Å²) in [5.74, 6) is 1.14. The van der Waals surface area contributed by atoms with Crippen molar-refractivity contribution in [3.8, 4) is 0 Å². The van der Waals surface area contributed by atoms with Crippen molar-refractivity contribution in [2.75, 3.05) is 32.7 Å². The lowest BCUT2D eigenvalue weighted by Gasteiger charge is -2.15. The van der Waals surface area contributed by atoms with E-state index in [2.05, 4.69) is 58.9 Å². The zero-order valence-corrected chi connectivity index (χ0v) is 19.9. The van der Waals surface area contributed by atoms with Crippen LogP contribution in [0.15, 0.2) is 29.4 Å². The largest absolute Gasteiger partial charge is 0.361 e. The summed E-state index contributed by atoms with van der Waals surface area (Å²) in [6.07, 6.45) is 6.73. The van der Waals surface area contributed by atoms with Gasteiger partial charge < -0.3 is 20.5 Å². The Morgan fingerprint density at radius 2 is 2.10 bits per heavy atom. The fraction of sp³-hybridized carbons (Fsp3) is 0.545. The van der Waals surface area contributed by atoms with Gasteiger partial charge in [-0.2, -0.15) is 0 Å². The van der Waals surface area contributed by atoms with Crippen LogP contribution in [0.25, 0.3) is 10.9 Å². The molecular weight excluding hydrogens is 477 g/mol. The summed E-state index contributed by atoms with van der Waals surface area (Å²) < 4.78 is 0. The third-order valence-corrected chi connectivity index (χ3v) is 5.33. The molecule has 2 heterocycles. The lowest BCUT2D eigenvalue weighted by Crippen LogP contribution is -2.38. The zero-order valence-electron chi connectivity index (χ0n) is 17.6. The van der Waals surface area contributed by atoms with Gasteiger partial charge in [0.05, 0.1) is 0 Å². The second kappa shape index (κ2) is 12.0. The summed E-state index contributed by atoms with van der Waals surface area (Å²) in [4.78, 5) is 21.7. The van der Waals surface area contributed by atoms with Crippen LogP contribution < -0.4 is 10.6 Å². The fourth-order valence-electron chi connectivity index (χ4n) is 3.83. The SMILES string of the molecule is CCNC(=NCCCN1CCCC1=O)NCCc1c[nH]c2c(CC)cccc12.I. The Kier molecular flexibility index (Phi) is 9.76. The van der Waals surface area contributed by atoms with Gasteiger partial charge in [-0.05, 0) is 43.7 Å². The highest BCUT2D eigenvalue weighted by molar-refractivity contribution is 14.0. The normalized spacial score (nSPS) is 14.3. The minimum Gasteiger partial charge on any atom is -0.361 e. The molecule has 7 heteroatoms. The number of hydrogen-bond acceptors (Lipinski definition) is 2. The van der Waals surface area contributed by atoms with E-state index in [0.717, 1.165) is 64.4 Å². The Balaban J connectivity index is 0.00000300. The molecule has 1 aromatic heterocycles. The Morgan fingerprint density at radius 3 is 2.83 bits per heavy atom. The van der Waals surface area contributed by atoms with Crippen molar-refractivity contribution in [3.63, 3.8) is 0 Å². The molecule has 0 atom stereocenters. The maximum absolute atomic E-state index is 11.7. The molecule has 0 radical (unpaired) electrons. The van der Waals surface area contributed by atoms with E-state index in [1.54, 1.807) is 0 Å². The molecule has 1 saturated heterocycles. The fourth-order valence-corrected chi connectivity index (χ4v) is 3.83. The third kappa shape index (κ3) is 6.35. The molecule has 1 aliphatic rings. The summed E-state index contributed by atoms with van der Waals surface area (Å²) in [5, 5.41) is 8.06. The highest BCUT2D eigenvalue weighted by Crippen LogP contribution is 2.22. The number of fused-ring (bicyclic) bond motifs is 1. The lowest BCUT2D eigenvalue weighted by atomic mass is 10.1. The second-order valence-corrected chi connectivity index (χ2v) is 7.28. The lowest BCUT2D eigenvalue weighted by molar-refractivity contribution is -0.127. The highest BCUT2D eigenvalue weighted by atomic mass is 127. The van der Waals surface area contributed by atoms with Crippen molar-refractivity contribution in [3.05, 3.63) is 35.5 Å². The highest BCUT2D eigenvalue weighted by Gasteiger charge is 2.18. The molecule has 29 heavy (non-hydrogen) atoms. The molecule has 1 amide bonds. The number of amides is 1. The third-order valence-electron chi connectivity index (χ3n) is 5.33. The second-order valence-electron chi connectivity index (χ2n) is 7.28.